The van der Waals surface area contributed by atoms with E-state index in [0.29, 0.717) is 43.8 Å². The van der Waals surface area contributed by atoms with Crippen LogP contribution in [0, 0.1) is 0 Å². The van der Waals surface area contributed by atoms with Crippen LogP contribution < -0.4 is 10.2 Å². The van der Waals surface area contributed by atoms with Crippen molar-refractivity contribution in [1.82, 2.24) is 15.0 Å². The first-order chi connectivity index (χ1) is 15.9. The van der Waals surface area contributed by atoms with E-state index < -0.39 is 17.8 Å². The smallest absolute Gasteiger partial charge is 0.368 e. The van der Waals surface area contributed by atoms with Crippen molar-refractivity contribution in [3.8, 4) is 11.4 Å². The average Bonchev–Trinajstić information content (AvgIpc) is 3.55. The molecule has 10 heteroatoms. The van der Waals surface area contributed by atoms with Gasteiger partial charge in [-0.25, -0.2) is 4.79 Å². The Kier molecular flexibility index (Phi) is 5.43. The molecule has 1 aliphatic carbocycles. The molecule has 1 aliphatic heterocycles. The summed E-state index contributed by atoms with van der Waals surface area (Å²) in [5.41, 5.74) is 1.23. The fourth-order valence-corrected chi connectivity index (χ4v) is 3.81. The molecule has 2 amide bonds. The molecule has 33 heavy (non-hydrogen) atoms. The van der Waals surface area contributed by atoms with Crippen molar-refractivity contribution in [2.75, 3.05) is 36.4 Å². The molecule has 7 nitrogen and oxygen atoms in total. The number of anilines is 2. The number of urea groups is 1. The Morgan fingerprint density at radius 1 is 1.03 bits per heavy atom. The van der Waals surface area contributed by atoms with Crippen LogP contribution in [0.25, 0.3) is 11.4 Å². The van der Waals surface area contributed by atoms with Crippen LogP contribution in [0.3, 0.4) is 0 Å². The molecule has 1 N–H and O–H groups in total. The zero-order chi connectivity index (χ0) is 23.0. The number of rotatable bonds is 4. The molecule has 1 aromatic heterocycles. The Morgan fingerprint density at radius 2 is 1.76 bits per heavy atom. The number of nitrogens with one attached hydrogen (secondary N) is 1. The standard InChI is InChI=1S/C23H22F3N5O2/c24-23(25,26)17-2-1-3-18(14-17)27-22(32)31-12-10-30(11-13-31)19-8-6-15(7-9-19)20-28-21(33-29-20)16-4-5-16/h1-3,6-9,14,16H,4-5,10-13H2,(H,27,32). The van der Waals surface area contributed by atoms with E-state index in [0.717, 1.165) is 36.2 Å². The number of alkyl halides is 3. The van der Waals surface area contributed by atoms with Crippen LogP contribution in [0.4, 0.5) is 29.3 Å². The summed E-state index contributed by atoms with van der Waals surface area (Å²) in [6, 6.07) is 12.1. The fraction of sp³-hybridized carbons (Fsp3) is 0.348. The summed E-state index contributed by atoms with van der Waals surface area (Å²) in [5, 5.41) is 6.62. The maximum atomic E-state index is 12.9. The maximum Gasteiger partial charge on any atom is 0.416 e. The number of carbonyl (C=O) groups is 1. The normalized spacial score (nSPS) is 16.7. The summed E-state index contributed by atoms with van der Waals surface area (Å²) < 4.78 is 44.0. The van der Waals surface area contributed by atoms with Gasteiger partial charge in [-0.2, -0.15) is 18.2 Å². The maximum absolute atomic E-state index is 12.9. The molecule has 2 aromatic carbocycles. The van der Waals surface area contributed by atoms with Crippen molar-refractivity contribution in [2.24, 2.45) is 0 Å². The van der Waals surface area contributed by atoms with Gasteiger partial charge in [0.25, 0.3) is 0 Å². The fourth-order valence-electron chi connectivity index (χ4n) is 3.81. The molecule has 0 radical (unpaired) electrons. The number of amides is 2. The molecular weight excluding hydrogens is 435 g/mol. The van der Waals surface area contributed by atoms with Crippen LogP contribution in [-0.4, -0.2) is 47.3 Å². The number of hydrogen-bond acceptors (Lipinski definition) is 5. The number of aromatic nitrogens is 2. The molecule has 1 saturated heterocycles. The number of piperazine rings is 1. The third-order valence-corrected chi connectivity index (χ3v) is 5.87. The quantitative estimate of drug-likeness (QED) is 0.598. The molecule has 172 valence electrons. The number of benzene rings is 2. The molecule has 2 heterocycles. The lowest BCUT2D eigenvalue weighted by Crippen LogP contribution is -2.50. The van der Waals surface area contributed by atoms with Crippen molar-refractivity contribution < 1.29 is 22.5 Å². The second-order valence-corrected chi connectivity index (χ2v) is 8.26. The molecular formula is C23H22F3N5O2. The highest BCUT2D eigenvalue weighted by atomic mass is 19.4. The van der Waals surface area contributed by atoms with Crippen molar-refractivity contribution in [3.05, 3.63) is 60.0 Å². The second kappa shape index (κ2) is 8.42. The van der Waals surface area contributed by atoms with Crippen LogP contribution in [0.1, 0.15) is 30.2 Å². The van der Waals surface area contributed by atoms with E-state index in [4.69, 9.17) is 4.52 Å². The van der Waals surface area contributed by atoms with Gasteiger partial charge < -0.3 is 19.6 Å². The molecule has 0 atom stereocenters. The monoisotopic (exact) mass is 457 g/mol. The predicted octanol–water partition coefficient (Wildman–Crippen LogP) is 4.99. The Labute approximate surface area is 188 Å². The highest BCUT2D eigenvalue weighted by Gasteiger charge is 2.31. The molecule has 0 spiro atoms. The average molecular weight is 457 g/mol. The van der Waals surface area contributed by atoms with Gasteiger partial charge in [-0.15, -0.1) is 0 Å². The van der Waals surface area contributed by atoms with Crippen LogP contribution >= 0.6 is 0 Å². The first kappa shape index (κ1) is 21.3. The zero-order valence-corrected chi connectivity index (χ0v) is 17.7. The minimum atomic E-state index is -4.45. The lowest BCUT2D eigenvalue weighted by atomic mass is 10.1. The summed E-state index contributed by atoms with van der Waals surface area (Å²) in [7, 11) is 0. The number of nitrogens with zero attached hydrogens (tertiary/aromatic N) is 4. The molecule has 2 fully saturated rings. The van der Waals surface area contributed by atoms with Gasteiger partial charge in [-0.1, -0.05) is 11.2 Å². The van der Waals surface area contributed by atoms with Crippen LogP contribution in [0.15, 0.2) is 53.1 Å². The molecule has 2 aliphatic rings. The van der Waals surface area contributed by atoms with Gasteiger partial charge >= 0.3 is 12.2 Å². The number of hydrogen-bond donors (Lipinski definition) is 1. The van der Waals surface area contributed by atoms with Crippen LogP contribution in [0.2, 0.25) is 0 Å². The van der Waals surface area contributed by atoms with Gasteiger partial charge in [-0.05, 0) is 55.3 Å². The summed E-state index contributed by atoms with van der Waals surface area (Å²) in [6.07, 6.45) is -2.25. The Bertz CT molecular complexity index is 1130. The van der Waals surface area contributed by atoms with Gasteiger partial charge in [-0.3, -0.25) is 0 Å². The summed E-state index contributed by atoms with van der Waals surface area (Å²) in [4.78, 5) is 20.7. The molecule has 3 aromatic rings. The third-order valence-electron chi connectivity index (χ3n) is 5.87. The third kappa shape index (κ3) is 4.79. The minimum absolute atomic E-state index is 0.124. The molecule has 0 unspecified atom stereocenters. The summed E-state index contributed by atoms with van der Waals surface area (Å²) >= 11 is 0. The first-order valence-corrected chi connectivity index (χ1v) is 10.8. The van der Waals surface area contributed by atoms with Crippen LogP contribution in [0.5, 0.6) is 0 Å². The minimum Gasteiger partial charge on any atom is -0.368 e. The lowest BCUT2D eigenvalue weighted by Gasteiger charge is -2.36. The van der Waals surface area contributed by atoms with E-state index in [2.05, 4.69) is 20.4 Å². The van der Waals surface area contributed by atoms with Crippen molar-refractivity contribution in [2.45, 2.75) is 24.9 Å². The molecule has 0 bridgehead atoms. The first-order valence-electron chi connectivity index (χ1n) is 10.8. The topological polar surface area (TPSA) is 74.5 Å². The van der Waals surface area contributed by atoms with Gasteiger partial charge in [0.05, 0.1) is 5.56 Å². The SMILES string of the molecule is O=C(Nc1cccc(C(F)(F)F)c1)N1CCN(c2ccc(-c3noc(C4CC4)n3)cc2)CC1. The number of carbonyl (C=O) groups excluding carboxylic acids is 1. The highest BCUT2D eigenvalue weighted by molar-refractivity contribution is 5.89. The van der Waals surface area contributed by atoms with E-state index in [1.54, 1.807) is 4.90 Å². The van der Waals surface area contributed by atoms with E-state index in [1.165, 1.54) is 12.1 Å². The summed E-state index contributed by atoms with van der Waals surface area (Å²) in [6.45, 7) is 2.15. The predicted molar refractivity (Wildman–Crippen MR) is 116 cm³/mol. The number of halogens is 3. The van der Waals surface area contributed by atoms with Crippen LogP contribution in [-0.2, 0) is 6.18 Å². The largest absolute Gasteiger partial charge is 0.416 e. The van der Waals surface area contributed by atoms with E-state index in [9.17, 15) is 18.0 Å². The Balaban J connectivity index is 1.16. The van der Waals surface area contributed by atoms with Gasteiger partial charge in [0.1, 0.15) is 0 Å². The van der Waals surface area contributed by atoms with Crippen molar-refractivity contribution in [3.63, 3.8) is 0 Å². The van der Waals surface area contributed by atoms with Gasteiger partial charge in [0, 0.05) is 49.0 Å². The van der Waals surface area contributed by atoms with E-state index in [-0.39, 0.29) is 5.69 Å². The van der Waals surface area contributed by atoms with E-state index in [1.807, 2.05) is 24.3 Å². The highest BCUT2D eigenvalue weighted by Crippen LogP contribution is 2.39. The van der Waals surface area contributed by atoms with Gasteiger partial charge in [0.2, 0.25) is 11.7 Å². The Hall–Kier alpha value is -3.56. The summed E-state index contributed by atoms with van der Waals surface area (Å²) in [5.74, 6) is 1.70. The molecule has 1 saturated carbocycles. The second-order valence-electron chi connectivity index (χ2n) is 8.26. The zero-order valence-electron chi connectivity index (χ0n) is 17.7. The lowest BCUT2D eigenvalue weighted by molar-refractivity contribution is -0.137. The Morgan fingerprint density at radius 3 is 2.42 bits per heavy atom. The van der Waals surface area contributed by atoms with E-state index >= 15 is 0 Å². The van der Waals surface area contributed by atoms with Crippen molar-refractivity contribution in [1.29, 1.82) is 0 Å². The van der Waals surface area contributed by atoms with Gasteiger partial charge in [0.15, 0.2) is 0 Å². The van der Waals surface area contributed by atoms with Crippen molar-refractivity contribution >= 4 is 17.4 Å². The molecule has 5 rings (SSSR count).